The Morgan fingerprint density at radius 3 is 1.26 bits per heavy atom. The van der Waals surface area contributed by atoms with Crippen LogP contribution in [0, 0.1) is 6.92 Å². The Kier molecular flexibility index (Phi) is 5.04. The molecule has 0 N–H and O–H groups in total. The smallest absolute Gasteiger partial charge is 0.0132 e. The molecule has 0 aliphatic rings. The van der Waals surface area contributed by atoms with Gasteiger partial charge in [-0.1, -0.05) is 102 Å². The Morgan fingerprint density at radius 2 is 0.889 bits per heavy atom. The third kappa shape index (κ3) is 4.50. The highest BCUT2D eigenvalue weighted by Gasteiger charge is 2.16. The van der Waals surface area contributed by atoms with Crippen molar-refractivity contribution >= 4 is 0 Å². The maximum absolute atomic E-state index is 2.34. The second-order valence-electron chi connectivity index (χ2n) is 9.75. The fourth-order valence-electron chi connectivity index (χ4n) is 3.45. The quantitative estimate of drug-likeness (QED) is 0.437. The van der Waals surface area contributed by atoms with E-state index in [2.05, 4.69) is 115 Å². The Hall–Kier alpha value is -2.34. The summed E-state index contributed by atoms with van der Waals surface area (Å²) in [5.74, 6) is 0. The van der Waals surface area contributed by atoms with E-state index in [1.807, 2.05) is 0 Å². The maximum atomic E-state index is 2.34. The molecule has 0 spiro atoms. The molecule has 0 heteroatoms. The van der Waals surface area contributed by atoms with Crippen LogP contribution in [0.1, 0.15) is 58.2 Å². The Morgan fingerprint density at radius 1 is 0.481 bits per heavy atom. The van der Waals surface area contributed by atoms with Gasteiger partial charge in [0, 0.05) is 0 Å². The molecule has 0 radical (unpaired) electrons. The minimum atomic E-state index is 0.156. The number of rotatable bonds is 2. The van der Waals surface area contributed by atoms with Gasteiger partial charge >= 0.3 is 0 Å². The van der Waals surface area contributed by atoms with Crippen molar-refractivity contribution in [3.8, 4) is 22.3 Å². The van der Waals surface area contributed by atoms with Crippen LogP contribution < -0.4 is 0 Å². The molecule has 0 aliphatic heterocycles. The third-order valence-electron chi connectivity index (χ3n) is 5.20. The van der Waals surface area contributed by atoms with Crippen molar-refractivity contribution in [3.63, 3.8) is 0 Å². The van der Waals surface area contributed by atoms with Crippen LogP contribution in [0.15, 0.2) is 66.7 Å². The summed E-state index contributed by atoms with van der Waals surface area (Å²) in [5, 5.41) is 0. The summed E-state index contributed by atoms with van der Waals surface area (Å²) >= 11 is 0. The summed E-state index contributed by atoms with van der Waals surface area (Å²) in [6.45, 7) is 15.8. The van der Waals surface area contributed by atoms with Gasteiger partial charge < -0.3 is 0 Å². The molecule has 3 aromatic rings. The van der Waals surface area contributed by atoms with Crippen LogP contribution in [0.3, 0.4) is 0 Å². The number of benzene rings is 3. The first kappa shape index (κ1) is 19.4. The van der Waals surface area contributed by atoms with Crippen LogP contribution in [0.2, 0.25) is 0 Å². The zero-order chi connectivity index (χ0) is 19.8. The van der Waals surface area contributed by atoms with E-state index in [1.54, 1.807) is 0 Å². The fraction of sp³-hybridized carbons (Fsp3) is 0.333. The molecule has 0 unspecified atom stereocenters. The van der Waals surface area contributed by atoms with Crippen molar-refractivity contribution in [2.75, 3.05) is 0 Å². The monoisotopic (exact) mass is 356 g/mol. The molecule has 0 aliphatic carbocycles. The Balaban J connectivity index is 2.09. The molecule has 0 saturated carbocycles. The largest absolute Gasteiger partial charge is 0.0614 e. The van der Waals surface area contributed by atoms with Crippen molar-refractivity contribution in [1.29, 1.82) is 0 Å². The molecule has 0 saturated heterocycles. The summed E-state index contributed by atoms with van der Waals surface area (Å²) in [6, 6.07) is 24.8. The SMILES string of the molecule is Cc1cc(-c2cccc(C(C)(C)C)c2)cc(-c2cccc(C(C)(C)C)c2)c1. The lowest BCUT2D eigenvalue weighted by Gasteiger charge is -2.21. The summed E-state index contributed by atoms with van der Waals surface area (Å²) < 4.78 is 0. The summed E-state index contributed by atoms with van der Waals surface area (Å²) in [5.41, 5.74) is 9.52. The lowest BCUT2D eigenvalue weighted by atomic mass is 9.84. The maximum Gasteiger partial charge on any atom is -0.0132 e. The summed E-state index contributed by atoms with van der Waals surface area (Å²) in [7, 11) is 0. The van der Waals surface area contributed by atoms with E-state index in [0.29, 0.717) is 0 Å². The highest BCUT2D eigenvalue weighted by atomic mass is 14.2. The minimum Gasteiger partial charge on any atom is -0.0614 e. The topological polar surface area (TPSA) is 0 Å². The molecule has 0 nitrogen and oxygen atoms in total. The molecule has 3 rings (SSSR count). The molecule has 0 amide bonds. The van der Waals surface area contributed by atoms with Crippen LogP contribution >= 0.6 is 0 Å². The van der Waals surface area contributed by atoms with E-state index in [4.69, 9.17) is 0 Å². The van der Waals surface area contributed by atoms with E-state index in [9.17, 15) is 0 Å². The van der Waals surface area contributed by atoms with E-state index in [-0.39, 0.29) is 10.8 Å². The fourth-order valence-corrected chi connectivity index (χ4v) is 3.45. The number of aryl methyl sites for hydroxylation is 1. The van der Waals surface area contributed by atoms with E-state index < -0.39 is 0 Å². The highest BCUT2D eigenvalue weighted by Crippen LogP contribution is 2.33. The van der Waals surface area contributed by atoms with Gasteiger partial charge in [0.25, 0.3) is 0 Å². The van der Waals surface area contributed by atoms with Crippen molar-refractivity contribution in [3.05, 3.63) is 83.4 Å². The van der Waals surface area contributed by atoms with Gasteiger partial charge in [-0.3, -0.25) is 0 Å². The highest BCUT2D eigenvalue weighted by molar-refractivity contribution is 5.75. The van der Waals surface area contributed by atoms with Crippen molar-refractivity contribution in [2.24, 2.45) is 0 Å². The average molecular weight is 357 g/mol. The van der Waals surface area contributed by atoms with Crippen LogP contribution in [0.25, 0.3) is 22.3 Å². The van der Waals surface area contributed by atoms with Crippen LogP contribution in [0.5, 0.6) is 0 Å². The third-order valence-corrected chi connectivity index (χ3v) is 5.20. The van der Waals surface area contributed by atoms with Gasteiger partial charge in [-0.15, -0.1) is 0 Å². The normalized spacial score (nSPS) is 12.3. The summed E-state index contributed by atoms with van der Waals surface area (Å²) in [4.78, 5) is 0. The molecular formula is C27H32. The van der Waals surface area contributed by atoms with Gasteiger partial charge in [0.15, 0.2) is 0 Å². The second kappa shape index (κ2) is 7.00. The molecular weight excluding hydrogens is 324 g/mol. The predicted octanol–water partition coefficient (Wildman–Crippen LogP) is 7.92. The minimum absolute atomic E-state index is 0.156. The van der Waals surface area contributed by atoms with Gasteiger partial charge in [0.05, 0.1) is 0 Å². The van der Waals surface area contributed by atoms with Gasteiger partial charge in [-0.2, -0.15) is 0 Å². The van der Waals surface area contributed by atoms with Crippen LogP contribution in [-0.2, 0) is 10.8 Å². The first-order chi connectivity index (χ1) is 12.5. The van der Waals surface area contributed by atoms with Gasteiger partial charge in [0.1, 0.15) is 0 Å². The number of hydrogen-bond acceptors (Lipinski definition) is 0. The van der Waals surface area contributed by atoms with Gasteiger partial charge in [-0.25, -0.2) is 0 Å². The molecule has 0 aromatic heterocycles. The zero-order valence-electron chi connectivity index (χ0n) is 17.9. The van der Waals surface area contributed by atoms with E-state index >= 15 is 0 Å². The second-order valence-corrected chi connectivity index (χ2v) is 9.75. The first-order valence-corrected chi connectivity index (χ1v) is 9.87. The Labute approximate surface area is 165 Å². The first-order valence-electron chi connectivity index (χ1n) is 9.87. The standard InChI is InChI=1S/C27H32/c1-19-14-22(20-10-8-12-24(17-20)26(2,3)4)16-23(15-19)21-11-9-13-25(18-21)27(5,6)7/h8-18H,1-7H3. The van der Waals surface area contributed by atoms with Crippen LogP contribution in [0.4, 0.5) is 0 Å². The zero-order valence-corrected chi connectivity index (χ0v) is 17.9. The van der Waals surface area contributed by atoms with Crippen molar-refractivity contribution in [1.82, 2.24) is 0 Å². The summed E-state index contributed by atoms with van der Waals surface area (Å²) in [6.07, 6.45) is 0. The van der Waals surface area contributed by atoms with Crippen LogP contribution in [-0.4, -0.2) is 0 Å². The molecule has 27 heavy (non-hydrogen) atoms. The lowest BCUT2D eigenvalue weighted by Crippen LogP contribution is -2.10. The lowest BCUT2D eigenvalue weighted by molar-refractivity contribution is 0.590. The molecule has 140 valence electrons. The van der Waals surface area contributed by atoms with Gasteiger partial charge in [-0.05, 0) is 62.8 Å². The molecule has 0 fully saturated rings. The van der Waals surface area contributed by atoms with Crippen molar-refractivity contribution in [2.45, 2.75) is 59.3 Å². The predicted molar refractivity (Wildman–Crippen MR) is 119 cm³/mol. The van der Waals surface area contributed by atoms with Crippen molar-refractivity contribution < 1.29 is 0 Å². The van der Waals surface area contributed by atoms with E-state index in [0.717, 1.165) is 0 Å². The molecule has 0 atom stereocenters. The number of hydrogen-bond donors (Lipinski definition) is 0. The Bertz CT molecular complexity index is 871. The van der Waals surface area contributed by atoms with Gasteiger partial charge in [0.2, 0.25) is 0 Å². The molecule has 3 aromatic carbocycles. The average Bonchev–Trinajstić information content (AvgIpc) is 2.60. The van der Waals surface area contributed by atoms with E-state index in [1.165, 1.54) is 38.9 Å². The molecule has 0 heterocycles. The molecule has 0 bridgehead atoms.